The van der Waals surface area contributed by atoms with E-state index in [2.05, 4.69) is 20.9 Å². The molecule has 1 fully saturated rings. The first kappa shape index (κ1) is 15.6. The Morgan fingerprint density at radius 1 is 1.11 bits per heavy atom. The molecule has 0 radical (unpaired) electrons. The van der Waals surface area contributed by atoms with E-state index < -0.39 is 0 Å². The summed E-state index contributed by atoms with van der Waals surface area (Å²) >= 11 is 1.79. The van der Waals surface area contributed by atoms with Gasteiger partial charge in [-0.3, -0.25) is 0 Å². The van der Waals surface area contributed by atoms with E-state index in [4.69, 9.17) is 4.98 Å². The number of halogens is 1. The molecule has 6 nitrogen and oxygen atoms in total. The van der Waals surface area contributed by atoms with Gasteiger partial charge in [-0.1, -0.05) is 12.1 Å². The number of aromatic nitrogens is 4. The molecule has 2 unspecified atom stereocenters. The molecule has 0 amide bonds. The van der Waals surface area contributed by atoms with Crippen molar-refractivity contribution in [2.45, 2.75) is 37.8 Å². The molecule has 6 rings (SSSR count). The predicted octanol–water partition coefficient (Wildman–Crippen LogP) is 3.25. The smallest absolute Gasteiger partial charge is 0.170 e. The number of nitrogens with one attached hydrogen (secondary N) is 2. The quantitative estimate of drug-likeness (QED) is 0.559. The van der Waals surface area contributed by atoms with Crippen molar-refractivity contribution in [1.29, 1.82) is 0 Å². The Balaban J connectivity index is 1.36. The molecule has 27 heavy (non-hydrogen) atoms. The van der Waals surface area contributed by atoms with Gasteiger partial charge in [0.2, 0.25) is 0 Å². The van der Waals surface area contributed by atoms with Gasteiger partial charge in [-0.25, -0.2) is 29.7 Å². The number of rotatable bonds is 2. The Bertz CT molecular complexity index is 1160. The van der Waals surface area contributed by atoms with Gasteiger partial charge in [-0.15, -0.1) is 16.4 Å². The van der Waals surface area contributed by atoms with Crippen molar-refractivity contribution < 1.29 is 4.39 Å². The van der Waals surface area contributed by atoms with E-state index in [0.717, 1.165) is 41.1 Å². The van der Waals surface area contributed by atoms with Crippen LogP contribution in [0.1, 0.15) is 46.8 Å². The molecule has 1 aromatic carbocycles. The van der Waals surface area contributed by atoms with Gasteiger partial charge in [0, 0.05) is 10.9 Å². The number of thiophene rings is 1. The SMILES string of the molecule is Fc1ccc(C2CC(c3nc4c5c6c(sc5ncn4n3)CCC6)NN2)cc1. The van der Waals surface area contributed by atoms with Crippen LogP contribution >= 0.6 is 11.3 Å². The Hall–Kier alpha value is -2.42. The fourth-order valence-corrected chi connectivity index (χ4v) is 5.42. The molecule has 4 aromatic rings. The lowest BCUT2D eigenvalue weighted by atomic mass is 10.0. The number of hydrazine groups is 1. The maximum absolute atomic E-state index is 13.2. The van der Waals surface area contributed by atoms with Gasteiger partial charge < -0.3 is 0 Å². The van der Waals surface area contributed by atoms with Gasteiger partial charge in [-0.05, 0) is 48.9 Å². The molecule has 1 aliphatic carbocycles. The van der Waals surface area contributed by atoms with Crippen LogP contribution in [0.5, 0.6) is 0 Å². The molecule has 2 atom stereocenters. The Morgan fingerprint density at radius 3 is 2.85 bits per heavy atom. The summed E-state index contributed by atoms with van der Waals surface area (Å²) in [5, 5.41) is 5.85. The van der Waals surface area contributed by atoms with Crippen LogP contribution in [0.4, 0.5) is 4.39 Å². The zero-order chi connectivity index (χ0) is 18.0. The molecule has 2 aliphatic rings. The minimum atomic E-state index is -0.219. The van der Waals surface area contributed by atoms with Crippen molar-refractivity contribution in [1.82, 2.24) is 30.4 Å². The zero-order valence-corrected chi connectivity index (χ0v) is 15.3. The molecule has 4 heterocycles. The summed E-state index contributed by atoms with van der Waals surface area (Å²) in [7, 11) is 0. The lowest BCUT2D eigenvalue weighted by Gasteiger charge is -2.08. The van der Waals surface area contributed by atoms with E-state index in [1.807, 2.05) is 12.1 Å². The average Bonchev–Trinajstić information content (AvgIpc) is 3.43. The van der Waals surface area contributed by atoms with E-state index in [-0.39, 0.29) is 17.9 Å². The molecule has 0 spiro atoms. The number of hydrogen-bond donors (Lipinski definition) is 2. The summed E-state index contributed by atoms with van der Waals surface area (Å²) in [6.45, 7) is 0. The van der Waals surface area contributed by atoms with Crippen LogP contribution in [0.15, 0.2) is 30.6 Å². The Kier molecular flexibility index (Phi) is 3.35. The third kappa shape index (κ3) is 2.40. The van der Waals surface area contributed by atoms with Gasteiger partial charge in [0.1, 0.15) is 17.0 Å². The minimum Gasteiger partial charge on any atom is -0.250 e. The standard InChI is InChI=1S/C19H17FN6S/c20-11-6-4-10(5-7-11)13-8-14(24-23-13)17-22-18-16-12-2-1-3-15(12)27-19(16)21-9-26(18)25-17/h4-7,9,13-14,23-24H,1-3,8H2. The van der Waals surface area contributed by atoms with Gasteiger partial charge in [0.15, 0.2) is 11.5 Å². The van der Waals surface area contributed by atoms with E-state index >= 15 is 0 Å². The Labute approximate surface area is 158 Å². The average molecular weight is 380 g/mol. The van der Waals surface area contributed by atoms with Crippen molar-refractivity contribution in [3.05, 3.63) is 58.2 Å². The normalized spacial score (nSPS) is 22.1. The van der Waals surface area contributed by atoms with Crippen LogP contribution in [0.2, 0.25) is 0 Å². The van der Waals surface area contributed by atoms with Crippen molar-refractivity contribution in [3.63, 3.8) is 0 Å². The number of hydrogen-bond acceptors (Lipinski definition) is 6. The van der Waals surface area contributed by atoms with Gasteiger partial charge >= 0.3 is 0 Å². The van der Waals surface area contributed by atoms with E-state index in [1.54, 1.807) is 22.2 Å². The number of benzene rings is 1. The molecule has 2 N–H and O–H groups in total. The van der Waals surface area contributed by atoms with Crippen LogP contribution in [0.25, 0.3) is 15.9 Å². The molecular formula is C19H17FN6S. The van der Waals surface area contributed by atoms with E-state index in [0.29, 0.717) is 0 Å². The monoisotopic (exact) mass is 380 g/mol. The molecule has 1 saturated heterocycles. The highest BCUT2D eigenvalue weighted by Gasteiger charge is 2.30. The summed E-state index contributed by atoms with van der Waals surface area (Å²) in [6, 6.07) is 6.72. The molecular weight excluding hydrogens is 363 g/mol. The molecule has 1 aliphatic heterocycles. The first-order chi connectivity index (χ1) is 13.3. The van der Waals surface area contributed by atoms with Crippen molar-refractivity contribution in [2.75, 3.05) is 0 Å². The lowest BCUT2D eigenvalue weighted by Crippen LogP contribution is -2.27. The first-order valence-electron chi connectivity index (χ1n) is 9.18. The maximum atomic E-state index is 13.2. The number of nitrogens with zero attached hydrogens (tertiary/aromatic N) is 4. The van der Waals surface area contributed by atoms with E-state index in [1.165, 1.54) is 34.4 Å². The topological polar surface area (TPSA) is 67.1 Å². The van der Waals surface area contributed by atoms with Crippen molar-refractivity contribution in [2.24, 2.45) is 0 Å². The molecule has 0 bridgehead atoms. The second-order valence-corrected chi connectivity index (χ2v) is 8.28. The van der Waals surface area contributed by atoms with Crippen LogP contribution < -0.4 is 10.9 Å². The molecule has 0 saturated carbocycles. The summed E-state index contributed by atoms with van der Waals surface area (Å²) in [4.78, 5) is 12.0. The summed E-state index contributed by atoms with van der Waals surface area (Å²) in [5.74, 6) is 0.544. The number of aryl methyl sites for hydroxylation is 2. The third-order valence-corrected chi connectivity index (χ3v) is 6.75. The fourth-order valence-electron chi connectivity index (χ4n) is 4.20. The highest BCUT2D eigenvalue weighted by atomic mass is 32.1. The number of fused-ring (bicyclic) bond motifs is 5. The summed E-state index contributed by atoms with van der Waals surface area (Å²) < 4.78 is 15.0. The van der Waals surface area contributed by atoms with Gasteiger partial charge in [-0.2, -0.15) is 0 Å². The summed E-state index contributed by atoms with van der Waals surface area (Å²) in [6.07, 6.45) is 6.04. The lowest BCUT2D eigenvalue weighted by molar-refractivity contribution is 0.540. The van der Waals surface area contributed by atoms with Crippen molar-refractivity contribution in [3.8, 4) is 0 Å². The second kappa shape index (κ2) is 5.79. The Morgan fingerprint density at radius 2 is 1.96 bits per heavy atom. The molecule has 136 valence electrons. The maximum Gasteiger partial charge on any atom is 0.170 e. The second-order valence-electron chi connectivity index (χ2n) is 7.20. The van der Waals surface area contributed by atoms with Gasteiger partial charge in [0.25, 0.3) is 0 Å². The first-order valence-corrected chi connectivity index (χ1v) is 10.00. The zero-order valence-electron chi connectivity index (χ0n) is 14.4. The molecule has 3 aromatic heterocycles. The summed E-state index contributed by atoms with van der Waals surface area (Å²) in [5.41, 5.74) is 9.94. The molecule has 8 heteroatoms. The van der Waals surface area contributed by atoms with Crippen LogP contribution in [-0.4, -0.2) is 19.6 Å². The highest BCUT2D eigenvalue weighted by Crippen LogP contribution is 2.38. The predicted molar refractivity (Wildman–Crippen MR) is 101 cm³/mol. The van der Waals surface area contributed by atoms with Crippen LogP contribution in [0, 0.1) is 5.82 Å². The minimum absolute atomic E-state index is 0.00156. The van der Waals surface area contributed by atoms with E-state index in [9.17, 15) is 4.39 Å². The van der Waals surface area contributed by atoms with Gasteiger partial charge in [0.05, 0.1) is 11.4 Å². The third-order valence-electron chi connectivity index (χ3n) is 5.55. The fraction of sp³-hybridized carbons (Fsp3) is 0.316. The van der Waals surface area contributed by atoms with Crippen molar-refractivity contribution >= 4 is 27.2 Å². The van der Waals surface area contributed by atoms with Crippen LogP contribution in [0.3, 0.4) is 0 Å². The highest BCUT2D eigenvalue weighted by molar-refractivity contribution is 7.19. The largest absolute Gasteiger partial charge is 0.250 e. The van der Waals surface area contributed by atoms with Crippen LogP contribution in [-0.2, 0) is 12.8 Å².